The zero-order chi connectivity index (χ0) is 15.9. The molecule has 0 radical (unpaired) electrons. The van der Waals surface area contributed by atoms with Crippen LogP contribution in [0.5, 0.6) is 0 Å². The zero-order valence-electron chi connectivity index (χ0n) is 13.1. The van der Waals surface area contributed by atoms with E-state index in [9.17, 15) is 4.79 Å². The Kier molecular flexibility index (Phi) is 3.28. The number of anilines is 1. The van der Waals surface area contributed by atoms with Gasteiger partial charge < -0.3 is 9.64 Å². The Balaban J connectivity index is 1.67. The predicted octanol–water partition coefficient (Wildman–Crippen LogP) is 1.44. The average Bonchev–Trinajstić information content (AvgIpc) is 3.28. The van der Waals surface area contributed by atoms with Crippen molar-refractivity contribution in [3.8, 4) is 5.69 Å². The standard InChI is InChI=1S/C16H19N5O2/c1-23-14(22)16-9-5-6-12(16)10-20(11-16)15-17-18-19-21(15)13-7-3-2-4-8-13/h2-4,7-8,12H,5-6,9-11H2,1H3. The molecule has 23 heavy (non-hydrogen) atoms. The summed E-state index contributed by atoms with van der Waals surface area (Å²) in [4.78, 5) is 14.5. The first-order valence-electron chi connectivity index (χ1n) is 7.92. The van der Waals surface area contributed by atoms with Crippen molar-refractivity contribution in [2.45, 2.75) is 19.3 Å². The highest BCUT2D eigenvalue weighted by molar-refractivity contribution is 5.79. The molecule has 0 bridgehead atoms. The summed E-state index contributed by atoms with van der Waals surface area (Å²) in [5.74, 6) is 0.908. The number of esters is 1. The highest BCUT2D eigenvalue weighted by Crippen LogP contribution is 2.50. The van der Waals surface area contributed by atoms with E-state index in [0.717, 1.165) is 31.5 Å². The third-order valence-electron chi connectivity index (χ3n) is 5.20. The average molecular weight is 313 g/mol. The normalized spacial score (nSPS) is 26.3. The zero-order valence-corrected chi connectivity index (χ0v) is 13.1. The maximum atomic E-state index is 12.4. The van der Waals surface area contributed by atoms with Crippen molar-refractivity contribution in [1.82, 2.24) is 20.2 Å². The SMILES string of the molecule is COC(=O)C12CCCC1CN(c1nnnn1-c1ccccc1)C2. The van der Waals surface area contributed by atoms with Gasteiger partial charge in [0.15, 0.2) is 0 Å². The second-order valence-corrected chi connectivity index (χ2v) is 6.34. The molecule has 1 aliphatic carbocycles. The molecule has 1 saturated heterocycles. The van der Waals surface area contributed by atoms with E-state index in [-0.39, 0.29) is 5.97 Å². The van der Waals surface area contributed by atoms with Crippen LogP contribution in [0.15, 0.2) is 30.3 Å². The first-order chi connectivity index (χ1) is 11.2. The second-order valence-electron chi connectivity index (χ2n) is 6.34. The monoisotopic (exact) mass is 313 g/mol. The van der Waals surface area contributed by atoms with Crippen molar-refractivity contribution in [1.29, 1.82) is 0 Å². The minimum absolute atomic E-state index is 0.0961. The summed E-state index contributed by atoms with van der Waals surface area (Å²) in [6.07, 6.45) is 3.02. The smallest absolute Gasteiger partial charge is 0.313 e. The van der Waals surface area contributed by atoms with Crippen molar-refractivity contribution < 1.29 is 9.53 Å². The Morgan fingerprint density at radius 2 is 2.17 bits per heavy atom. The Bertz CT molecular complexity index is 716. The van der Waals surface area contributed by atoms with Crippen LogP contribution in [0.4, 0.5) is 5.95 Å². The molecule has 1 saturated carbocycles. The molecule has 7 heteroatoms. The lowest BCUT2D eigenvalue weighted by atomic mass is 9.81. The van der Waals surface area contributed by atoms with Gasteiger partial charge in [0.1, 0.15) is 0 Å². The highest BCUT2D eigenvalue weighted by Gasteiger charge is 2.56. The topological polar surface area (TPSA) is 73.1 Å². The first-order valence-corrected chi connectivity index (χ1v) is 7.92. The van der Waals surface area contributed by atoms with Crippen LogP contribution in [0, 0.1) is 11.3 Å². The minimum Gasteiger partial charge on any atom is -0.469 e. The number of hydrogen-bond donors (Lipinski definition) is 0. The van der Waals surface area contributed by atoms with Gasteiger partial charge >= 0.3 is 5.97 Å². The lowest BCUT2D eigenvalue weighted by molar-refractivity contribution is -0.152. The lowest BCUT2D eigenvalue weighted by Crippen LogP contribution is -2.37. The van der Waals surface area contributed by atoms with E-state index in [1.807, 2.05) is 30.3 Å². The third kappa shape index (κ3) is 2.10. The number of hydrogen-bond acceptors (Lipinski definition) is 6. The third-order valence-corrected chi connectivity index (χ3v) is 5.20. The Hall–Kier alpha value is -2.44. The van der Waals surface area contributed by atoms with Crippen LogP contribution in [-0.4, -0.2) is 46.4 Å². The van der Waals surface area contributed by atoms with Crippen molar-refractivity contribution in [2.24, 2.45) is 11.3 Å². The number of nitrogens with zero attached hydrogens (tertiary/aromatic N) is 5. The molecule has 0 spiro atoms. The summed E-state index contributed by atoms with van der Waals surface area (Å²) < 4.78 is 6.82. The summed E-state index contributed by atoms with van der Waals surface area (Å²) in [5, 5.41) is 12.1. The fraction of sp³-hybridized carbons (Fsp3) is 0.500. The van der Waals surface area contributed by atoms with Crippen molar-refractivity contribution >= 4 is 11.9 Å². The molecule has 0 amide bonds. The number of tetrazole rings is 1. The molecule has 1 aromatic heterocycles. The van der Waals surface area contributed by atoms with Crippen LogP contribution in [-0.2, 0) is 9.53 Å². The van der Waals surface area contributed by atoms with Crippen LogP contribution in [0.25, 0.3) is 5.69 Å². The number of carbonyl (C=O) groups is 1. The quantitative estimate of drug-likeness (QED) is 0.798. The molecule has 2 heterocycles. The molecule has 2 fully saturated rings. The van der Waals surface area contributed by atoms with Gasteiger partial charge in [-0.3, -0.25) is 4.79 Å². The van der Waals surface area contributed by atoms with Crippen LogP contribution in [0.1, 0.15) is 19.3 Å². The van der Waals surface area contributed by atoms with E-state index in [2.05, 4.69) is 20.4 Å². The van der Waals surface area contributed by atoms with Crippen LogP contribution in [0.3, 0.4) is 0 Å². The molecule has 1 aliphatic heterocycles. The highest BCUT2D eigenvalue weighted by atomic mass is 16.5. The Labute approximate surface area is 134 Å². The summed E-state index contributed by atoms with van der Waals surface area (Å²) in [6, 6.07) is 9.80. The molecule has 1 aromatic carbocycles. The molecule has 0 N–H and O–H groups in total. The molecule has 2 aromatic rings. The summed E-state index contributed by atoms with van der Waals surface area (Å²) in [7, 11) is 1.48. The van der Waals surface area contributed by atoms with Gasteiger partial charge in [-0.15, -0.1) is 0 Å². The number of methoxy groups -OCH3 is 1. The molecule has 7 nitrogen and oxygen atoms in total. The van der Waals surface area contributed by atoms with Crippen LogP contribution in [0.2, 0.25) is 0 Å². The van der Waals surface area contributed by atoms with Gasteiger partial charge in [-0.25, -0.2) is 0 Å². The maximum absolute atomic E-state index is 12.4. The number of para-hydroxylation sites is 1. The number of ether oxygens (including phenoxy) is 1. The van der Waals surface area contributed by atoms with Crippen molar-refractivity contribution in [3.05, 3.63) is 30.3 Å². The Morgan fingerprint density at radius 1 is 1.35 bits per heavy atom. The molecular formula is C16H19N5O2. The largest absolute Gasteiger partial charge is 0.469 e. The van der Waals surface area contributed by atoms with Gasteiger partial charge in [0.2, 0.25) is 5.95 Å². The van der Waals surface area contributed by atoms with Gasteiger partial charge in [0.25, 0.3) is 0 Å². The van der Waals surface area contributed by atoms with E-state index in [0.29, 0.717) is 18.4 Å². The summed E-state index contributed by atoms with van der Waals surface area (Å²) >= 11 is 0. The molecular weight excluding hydrogens is 294 g/mol. The van der Waals surface area contributed by atoms with Gasteiger partial charge in [-0.05, 0) is 41.3 Å². The fourth-order valence-electron chi connectivity index (χ4n) is 4.09. The Morgan fingerprint density at radius 3 is 2.96 bits per heavy atom. The van der Waals surface area contributed by atoms with E-state index < -0.39 is 5.41 Å². The predicted molar refractivity (Wildman–Crippen MR) is 83.2 cm³/mol. The molecule has 2 atom stereocenters. The molecule has 120 valence electrons. The maximum Gasteiger partial charge on any atom is 0.313 e. The fourth-order valence-corrected chi connectivity index (χ4v) is 4.09. The molecule has 2 aliphatic rings. The van der Waals surface area contributed by atoms with Crippen molar-refractivity contribution in [3.63, 3.8) is 0 Å². The van der Waals surface area contributed by atoms with E-state index in [4.69, 9.17) is 4.74 Å². The van der Waals surface area contributed by atoms with Crippen LogP contribution >= 0.6 is 0 Å². The molecule has 4 rings (SSSR count). The molecule has 2 unspecified atom stereocenters. The van der Waals surface area contributed by atoms with Crippen LogP contribution < -0.4 is 4.90 Å². The van der Waals surface area contributed by atoms with E-state index in [1.165, 1.54) is 7.11 Å². The van der Waals surface area contributed by atoms with Crippen molar-refractivity contribution in [2.75, 3.05) is 25.1 Å². The lowest BCUT2D eigenvalue weighted by Gasteiger charge is -2.25. The van der Waals surface area contributed by atoms with E-state index >= 15 is 0 Å². The van der Waals surface area contributed by atoms with Gasteiger partial charge in [-0.1, -0.05) is 29.7 Å². The number of carbonyl (C=O) groups excluding carboxylic acids is 1. The number of rotatable bonds is 3. The van der Waals surface area contributed by atoms with E-state index in [1.54, 1.807) is 4.68 Å². The summed E-state index contributed by atoms with van der Waals surface area (Å²) in [5.41, 5.74) is 0.513. The minimum atomic E-state index is -0.401. The van der Waals surface area contributed by atoms with Gasteiger partial charge in [-0.2, -0.15) is 4.68 Å². The summed E-state index contributed by atoms with van der Waals surface area (Å²) in [6.45, 7) is 1.42. The van der Waals surface area contributed by atoms with Gasteiger partial charge in [0.05, 0.1) is 18.2 Å². The first kappa shape index (κ1) is 14.2. The second kappa shape index (κ2) is 5.33. The number of benzene rings is 1. The van der Waals surface area contributed by atoms with Gasteiger partial charge in [0, 0.05) is 13.1 Å². The number of aromatic nitrogens is 4. The number of fused-ring (bicyclic) bond motifs is 1.